The summed E-state index contributed by atoms with van der Waals surface area (Å²) in [6, 6.07) is 5.23. The number of benzene rings is 1. The van der Waals surface area contributed by atoms with E-state index in [2.05, 4.69) is 15.3 Å². The lowest BCUT2D eigenvalue weighted by atomic mass is 9.92. The van der Waals surface area contributed by atoms with E-state index in [1.807, 2.05) is 0 Å². The molecule has 1 aromatic heterocycles. The number of hydrogen-bond donors (Lipinski definition) is 4. The van der Waals surface area contributed by atoms with Crippen LogP contribution in [0, 0.1) is 5.82 Å². The van der Waals surface area contributed by atoms with E-state index in [1.165, 1.54) is 32.9 Å². The van der Waals surface area contributed by atoms with Crippen LogP contribution in [0.5, 0.6) is 0 Å². The van der Waals surface area contributed by atoms with Crippen molar-refractivity contribution in [2.24, 2.45) is 10.7 Å². The third-order valence-corrected chi connectivity index (χ3v) is 8.22. The SMILES string of the molecule is CC1(C)C(N)=N[C@](C)(c2cc(NC(=O)c3ccc(C(F)(F)F)cn3)ccc2F)CS1(O)O. The smallest absolute Gasteiger partial charge is 0.386 e. The highest BCUT2D eigenvalue weighted by atomic mass is 32.3. The van der Waals surface area contributed by atoms with Gasteiger partial charge in [-0.15, -0.1) is 0 Å². The number of alkyl halides is 3. The van der Waals surface area contributed by atoms with Gasteiger partial charge in [0.15, 0.2) is 0 Å². The summed E-state index contributed by atoms with van der Waals surface area (Å²) in [7, 11) is -3.29. The Morgan fingerprint density at radius 3 is 2.38 bits per heavy atom. The quantitative estimate of drug-likeness (QED) is 0.484. The largest absolute Gasteiger partial charge is 0.417 e. The number of carbonyl (C=O) groups excluding carboxylic acids is 1. The fraction of sp³-hybridized carbons (Fsp3) is 0.350. The Hall–Kier alpha value is -2.70. The number of nitrogens with zero attached hydrogens (tertiary/aromatic N) is 2. The molecule has 1 atom stereocenters. The molecule has 1 aliphatic rings. The van der Waals surface area contributed by atoms with Crippen LogP contribution in [0.25, 0.3) is 0 Å². The summed E-state index contributed by atoms with van der Waals surface area (Å²) in [4.78, 5) is 20.2. The Labute approximate surface area is 183 Å². The number of hydrogen-bond acceptors (Lipinski definition) is 6. The van der Waals surface area contributed by atoms with E-state index in [0.717, 1.165) is 18.2 Å². The van der Waals surface area contributed by atoms with Gasteiger partial charge in [0, 0.05) is 17.4 Å². The summed E-state index contributed by atoms with van der Waals surface area (Å²) in [5.41, 5.74) is 3.35. The Morgan fingerprint density at radius 2 is 1.84 bits per heavy atom. The molecule has 0 fully saturated rings. The molecule has 2 heterocycles. The zero-order chi connectivity index (χ0) is 24.1. The van der Waals surface area contributed by atoms with Crippen molar-refractivity contribution in [3.05, 3.63) is 59.2 Å². The molecule has 0 saturated carbocycles. The molecular weight excluding hydrogens is 452 g/mol. The zero-order valence-electron chi connectivity index (χ0n) is 17.4. The molecule has 0 aliphatic carbocycles. The molecule has 3 rings (SSSR count). The number of nitrogens with two attached hydrogens (primary N) is 1. The number of halogens is 4. The van der Waals surface area contributed by atoms with Crippen molar-refractivity contribution in [3.8, 4) is 0 Å². The average molecular weight is 474 g/mol. The number of carbonyl (C=O) groups is 1. The molecule has 12 heteroatoms. The van der Waals surface area contributed by atoms with Crippen LogP contribution in [0.3, 0.4) is 0 Å². The van der Waals surface area contributed by atoms with E-state index in [4.69, 9.17) is 5.73 Å². The molecule has 0 spiro atoms. The minimum absolute atomic E-state index is 0.0332. The van der Waals surface area contributed by atoms with Gasteiger partial charge in [-0.25, -0.2) is 4.39 Å². The summed E-state index contributed by atoms with van der Waals surface area (Å²) in [6.07, 6.45) is -4.05. The van der Waals surface area contributed by atoms with Gasteiger partial charge >= 0.3 is 6.18 Å². The monoisotopic (exact) mass is 474 g/mol. The molecule has 1 amide bonds. The maximum atomic E-state index is 14.7. The first-order chi connectivity index (χ1) is 14.6. The zero-order valence-corrected chi connectivity index (χ0v) is 18.2. The van der Waals surface area contributed by atoms with Gasteiger partial charge in [0.1, 0.15) is 27.6 Å². The lowest BCUT2D eigenvalue weighted by Gasteiger charge is -2.53. The van der Waals surface area contributed by atoms with Crippen molar-refractivity contribution in [3.63, 3.8) is 0 Å². The number of amidine groups is 1. The second kappa shape index (κ2) is 7.71. The van der Waals surface area contributed by atoms with Crippen molar-refractivity contribution < 1.29 is 31.5 Å². The Balaban J connectivity index is 1.91. The maximum Gasteiger partial charge on any atom is 0.417 e. The van der Waals surface area contributed by atoms with E-state index in [1.54, 1.807) is 0 Å². The summed E-state index contributed by atoms with van der Waals surface area (Å²) in [6.45, 7) is 4.56. The molecule has 2 aromatic rings. The Bertz CT molecular complexity index is 1090. The average Bonchev–Trinajstić information content (AvgIpc) is 2.67. The number of amides is 1. The number of aliphatic imine (C=N–C) groups is 1. The number of rotatable bonds is 3. The molecule has 0 saturated heterocycles. The summed E-state index contributed by atoms with van der Waals surface area (Å²) in [5.74, 6) is -1.85. The van der Waals surface area contributed by atoms with E-state index in [0.29, 0.717) is 6.20 Å². The molecule has 5 N–H and O–H groups in total. The first-order valence-electron chi connectivity index (χ1n) is 9.33. The maximum absolute atomic E-state index is 14.7. The van der Waals surface area contributed by atoms with Crippen LogP contribution in [0.1, 0.15) is 42.4 Å². The third-order valence-electron chi connectivity index (χ3n) is 5.41. The van der Waals surface area contributed by atoms with E-state index in [-0.39, 0.29) is 28.5 Å². The topological polar surface area (TPSA) is 121 Å². The minimum atomic E-state index is -4.59. The highest BCUT2D eigenvalue weighted by Crippen LogP contribution is 2.59. The van der Waals surface area contributed by atoms with Crippen LogP contribution < -0.4 is 11.1 Å². The van der Waals surface area contributed by atoms with Crippen LogP contribution >= 0.6 is 10.6 Å². The van der Waals surface area contributed by atoms with E-state index >= 15 is 0 Å². The summed E-state index contributed by atoms with van der Waals surface area (Å²) in [5, 5.41) is 2.44. The highest BCUT2D eigenvalue weighted by Gasteiger charge is 2.49. The standard InChI is InChI=1S/C20H22F4N4O3S/c1-18(2)17(25)28-19(3,10-32(18,30)31)13-8-12(5-6-14(13)21)27-16(29)15-7-4-11(9-26-15)20(22,23)24/h4-9,30-31H,10H2,1-3H3,(H2,25,28)(H,27,29)/t19-/m0/s1. The Morgan fingerprint density at radius 1 is 1.19 bits per heavy atom. The predicted octanol–water partition coefficient (Wildman–Crippen LogP) is 4.61. The summed E-state index contributed by atoms with van der Waals surface area (Å²) >= 11 is 0. The van der Waals surface area contributed by atoms with Crippen LogP contribution in [-0.2, 0) is 11.7 Å². The lowest BCUT2D eigenvalue weighted by molar-refractivity contribution is -0.137. The van der Waals surface area contributed by atoms with Crippen molar-refractivity contribution in [2.75, 3.05) is 11.1 Å². The highest BCUT2D eigenvalue weighted by molar-refractivity contribution is 8.26. The molecule has 0 unspecified atom stereocenters. The van der Waals surface area contributed by atoms with Gasteiger partial charge in [0.05, 0.1) is 11.3 Å². The van der Waals surface area contributed by atoms with Gasteiger partial charge in [0.25, 0.3) is 5.91 Å². The van der Waals surface area contributed by atoms with Crippen molar-refractivity contribution >= 4 is 28.0 Å². The van der Waals surface area contributed by atoms with Crippen LogP contribution in [0.15, 0.2) is 41.5 Å². The number of pyridine rings is 1. The fourth-order valence-electron chi connectivity index (χ4n) is 3.22. The molecule has 32 heavy (non-hydrogen) atoms. The van der Waals surface area contributed by atoms with Gasteiger partial charge in [0.2, 0.25) is 0 Å². The van der Waals surface area contributed by atoms with Crippen LogP contribution in [0.2, 0.25) is 0 Å². The number of anilines is 1. The van der Waals surface area contributed by atoms with Crippen LogP contribution in [0.4, 0.5) is 23.2 Å². The second-order valence-corrected chi connectivity index (χ2v) is 10.8. The fourth-order valence-corrected chi connectivity index (χ4v) is 4.96. The van der Waals surface area contributed by atoms with Crippen molar-refractivity contribution in [2.45, 2.75) is 37.2 Å². The molecule has 7 nitrogen and oxygen atoms in total. The first-order valence-corrected chi connectivity index (χ1v) is 11.0. The van der Waals surface area contributed by atoms with Gasteiger partial charge in [-0.05, 0) is 51.1 Å². The molecule has 0 radical (unpaired) electrons. The van der Waals surface area contributed by atoms with E-state index in [9.17, 15) is 31.5 Å². The first kappa shape index (κ1) is 24.0. The van der Waals surface area contributed by atoms with Gasteiger partial charge in [-0.3, -0.25) is 23.9 Å². The summed E-state index contributed by atoms with van der Waals surface area (Å²) < 4.78 is 72.7. The van der Waals surface area contributed by atoms with Gasteiger partial charge in [-0.2, -0.15) is 23.8 Å². The van der Waals surface area contributed by atoms with Gasteiger partial charge < -0.3 is 11.1 Å². The molecule has 0 bridgehead atoms. The second-order valence-electron chi connectivity index (χ2n) is 8.17. The van der Waals surface area contributed by atoms with Gasteiger partial charge in [-0.1, -0.05) is 0 Å². The minimum Gasteiger partial charge on any atom is -0.386 e. The molecule has 174 valence electrons. The normalized spacial score (nSPS) is 23.2. The molecule has 1 aromatic carbocycles. The van der Waals surface area contributed by atoms with Crippen molar-refractivity contribution in [1.82, 2.24) is 4.98 Å². The number of nitrogens with one attached hydrogen (secondary N) is 1. The molecular formula is C20H22F4N4O3S. The third kappa shape index (κ3) is 4.30. The van der Waals surface area contributed by atoms with Crippen molar-refractivity contribution in [1.29, 1.82) is 0 Å². The predicted molar refractivity (Wildman–Crippen MR) is 114 cm³/mol. The molecule has 1 aliphatic heterocycles. The van der Waals surface area contributed by atoms with E-state index < -0.39 is 44.3 Å². The number of aromatic nitrogens is 1. The lowest BCUT2D eigenvalue weighted by Crippen LogP contribution is -2.52. The Kier molecular flexibility index (Phi) is 5.77. The van der Waals surface area contributed by atoms with Crippen LogP contribution in [-0.4, -0.2) is 36.3 Å².